The highest BCUT2D eigenvalue weighted by Crippen LogP contribution is 2.30. The summed E-state index contributed by atoms with van der Waals surface area (Å²) >= 11 is 6.26. The Bertz CT molecular complexity index is 451. The van der Waals surface area contributed by atoms with Crippen LogP contribution in [0, 0.1) is 17.2 Å². The molecule has 0 amide bonds. The Morgan fingerprint density at radius 2 is 2.39 bits per heavy atom. The molecule has 96 valence electrons. The van der Waals surface area contributed by atoms with Crippen LogP contribution in [-0.2, 0) is 0 Å². The predicted molar refractivity (Wildman–Crippen MR) is 75.0 cm³/mol. The number of hydrogen-bond acceptors (Lipinski definition) is 3. The van der Waals surface area contributed by atoms with Crippen molar-refractivity contribution in [2.45, 2.75) is 12.8 Å². The Morgan fingerprint density at radius 3 is 3.06 bits per heavy atom. The first-order chi connectivity index (χ1) is 8.74. The minimum Gasteiger partial charge on any atom is -0.370 e. The van der Waals surface area contributed by atoms with Gasteiger partial charge in [0.05, 0.1) is 22.3 Å². The van der Waals surface area contributed by atoms with E-state index < -0.39 is 0 Å². The number of nitriles is 1. The Morgan fingerprint density at radius 1 is 1.56 bits per heavy atom. The molecule has 1 aliphatic heterocycles. The Balaban J connectivity index is 2.13. The molecule has 0 aromatic heterocycles. The molecule has 18 heavy (non-hydrogen) atoms. The van der Waals surface area contributed by atoms with Crippen LogP contribution < -0.4 is 10.2 Å². The number of halogens is 1. The number of nitrogens with one attached hydrogen (secondary N) is 1. The van der Waals surface area contributed by atoms with E-state index in [0.717, 1.165) is 25.3 Å². The maximum absolute atomic E-state index is 8.84. The van der Waals surface area contributed by atoms with Crippen LogP contribution in [0.3, 0.4) is 0 Å². The lowest BCUT2D eigenvalue weighted by atomic mass is 9.97. The lowest BCUT2D eigenvalue weighted by Gasteiger charge is -2.35. The molecule has 3 nitrogen and oxygen atoms in total. The van der Waals surface area contributed by atoms with E-state index in [0.29, 0.717) is 16.5 Å². The van der Waals surface area contributed by atoms with Gasteiger partial charge in [-0.05, 0) is 50.6 Å². The summed E-state index contributed by atoms with van der Waals surface area (Å²) in [4.78, 5) is 2.33. The molecular weight excluding hydrogens is 246 g/mol. The van der Waals surface area contributed by atoms with Gasteiger partial charge in [0.2, 0.25) is 0 Å². The molecule has 1 aromatic carbocycles. The van der Waals surface area contributed by atoms with E-state index in [2.05, 4.69) is 16.3 Å². The second-order valence-corrected chi connectivity index (χ2v) is 5.20. The number of rotatable bonds is 3. The number of nitrogens with zero attached hydrogens (tertiary/aromatic N) is 2. The summed E-state index contributed by atoms with van der Waals surface area (Å²) in [7, 11) is 1.99. The average molecular weight is 264 g/mol. The summed E-state index contributed by atoms with van der Waals surface area (Å²) in [6.07, 6.45) is 2.47. The van der Waals surface area contributed by atoms with Gasteiger partial charge in [0, 0.05) is 13.1 Å². The molecule has 1 atom stereocenters. The van der Waals surface area contributed by atoms with Gasteiger partial charge in [0.1, 0.15) is 0 Å². The van der Waals surface area contributed by atoms with E-state index in [1.165, 1.54) is 12.8 Å². The summed E-state index contributed by atoms with van der Waals surface area (Å²) in [5.74, 6) is 0.676. The summed E-state index contributed by atoms with van der Waals surface area (Å²) in [5.41, 5.74) is 1.67. The van der Waals surface area contributed by atoms with Crippen LogP contribution in [0.15, 0.2) is 18.2 Å². The number of benzene rings is 1. The third-order valence-corrected chi connectivity index (χ3v) is 3.73. The maximum Gasteiger partial charge on any atom is 0.0992 e. The standard InChI is InChI=1S/C14H18ClN3/c1-17-9-12-3-2-6-18(10-12)14-5-4-11(8-16)7-13(14)15/h4-5,7,12,17H,2-3,6,9-10H2,1H3. The first kappa shape index (κ1) is 13.2. The van der Waals surface area contributed by atoms with E-state index >= 15 is 0 Å². The van der Waals surface area contributed by atoms with Crippen LogP contribution in [0.4, 0.5) is 5.69 Å². The molecule has 1 heterocycles. The Hall–Kier alpha value is -1.24. The minimum atomic E-state index is 0.618. The molecule has 0 bridgehead atoms. The summed E-state index contributed by atoms with van der Waals surface area (Å²) in [5, 5.41) is 12.8. The molecule has 1 aliphatic rings. The van der Waals surface area contributed by atoms with Crippen molar-refractivity contribution in [1.82, 2.24) is 5.32 Å². The monoisotopic (exact) mass is 263 g/mol. The van der Waals surface area contributed by atoms with Crippen molar-refractivity contribution in [2.75, 3.05) is 31.6 Å². The maximum atomic E-state index is 8.84. The highest BCUT2D eigenvalue weighted by Gasteiger charge is 2.21. The van der Waals surface area contributed by atoms with E-state index in [1.54, 1.807) is 6.07 Å². The highest BCUT2D eigenvalue weighted by atomic mass is 35.5. The van der Waals surface area contributed by atoms with Crippen LogP contribution >= 0.6 is 11.6 Å². The molecule has 0 spiro atoms. The summed E-state index contributed by atoms with van der Waals surface area (Å²) in [6, 6.07) is 7.66. The molecule has 1 fully saturated rings. The van der Waals surface area contributed by atoms with Gasteiger partial charge in [-0.15, -0.1) is 0 Å². The number of anilines is 1. The quantitative estimate of drug-likeness (QED) is 0.911. The molecular formula is C14H18ClN3. The van der Waals surface area contributed by atoms with Crippen LogP contribution in [0.2, 0.25) is 5.02 Å². The molecule has 4 heteroatoms. The average Bonchev–Trinajstić information content (AvgIpc) is 2.39. The van der Waals surface area contributed by atoms with E-state index in [-0.39, 0.29) is 0 Å². The highest BCUT2D eigenvalue weighted by molar-refractivity contribution is 6.33. The molecule has 1 saturated heterocycles. The minimum absolute atomic E-state index is 0.618. The Labute approximate surface area is 113 Å². The van der Waals surface area contributed by atoms with Crippen LogP contribution in [0.5, 0.6) is 0 Å². The fourth-order valence-electron chi connectivity index (χ4n) is 2.57. The third-order valence-electron chi connectivity index (χ3n) is 3.43. The molecule has 0 saturated carbocycles. The first-order valence-electron chi connectivity index (χ1n) is 6.33. The lowest BCUT2D eigenvalue weighted by molar-refractivity contribution is 0.403. The fourth-order valence-corrected chi connectivity index (χ4v) is 2.87. The number of hydrogen-bond donors (Lipinski definition) is 1. The van der Waals surface area contributed by atoms with Crippen molar-refractivity contribution in [3.8, 4) is 6.07 Å². The van der Waals surface area contributed by atoms with Gasteiger partial charge in [0.15, 0.2) is 0 Å². The molecule has 1 aromatic rings. The predicted octanol–water partition coefficient (Wildman–Crippen LogP) is 2.65. The normalized spacial score (nSPS) is 19.6. The van der Waals surface area contributed by atoms with Crippen molar-refractivity contribution in [2.24, 2.45) is 5.92 Å². The second-order valence-electron chi connectivity index (χ2n) is 4.79. The topological polar surface area (TPSA) is 39.1 Å². The lowest BCUT2D eigenvalue weighted by Crippen LogP contribution is -2.39. The van der Waals surface area contributed by atoms with Crippen molar-refractivity contribution in [1.29, 1.82) is 5.26 Å². The Kier molecular flexibility index (Phi) is 4.46. The van der Waals surface area contributed by atoms with Gasteiger partial charge in [-0.1, -0.05) is 11.6 Å². The fraction of sp³-hybridized carbons (Fsp3) is 0.500. The van der Waals surface area contributed by atoms with Crippen LogP contribution in [0.25, 0.3) is 0 Å². The largest absolute Gasteiger partial charge is 0.370 e. The number of piperidine rings is 1. The van der Waals surface area contributed by atoms with E-state index in [4.69, 9.17) is 16.9 Å². The molecule has 2 rings (SSSR count). The van der Waals surface area contributed by atoms with Crippen molar-refractivity contribution >= 4 is 17.3 Å². The SMILES string of the molecule is CNCC1CCCN(c2ccc(C#N)cc2Cl)C1. The van der Waals surface area contributed by atoms with Gasteiger partial charge in [-0.3, -0.25) is 0 Å². The van der Waals surface area contributed by atoms with Crippen LogP contribution in [-0.4, -0.2) is 26.7 Å². The second kappa shape index (κ2) is 6.08. The first-order valence-corrected chi connectivity index (χ1v) is 6.71. The smallest absolute Gasteiger partial charge is 0.0992 e. The third kappa shape index (κ3) is 2.95. The summed E-state index contributed by atoms with van der Waals surface area (Å²) in [6.45, 7) is 3.13. The van der Waals surface area contributed by atoms with Gasteiger partial charge in [0.25, 0.3) is 0 Å². The van der Waals surface area contributed by atoms with E-state index in [9.17, 15) is 0 Å². The van der Waals surface area contributed by atoms with Gasteiger partial charge < -0.3 is 10.2 Å². The van der Waals surface area contributed by atoms with Crippen LogP contribution in [0.1, 0.15) is 18.4 Å². The zero-order valence-corrected chi connectivity index (χ0v) is 11.4. The zero-order valence-electron chi connectivity index (χ0n) is 10.6. The summed E-state index contributed by atoms with van der Waals surface area (Å²) < 4.78 is 0. The van der Waals surface area contributed by atoms with Gasteiger partial charge in [-0.25, -0.2) is 0 Å². The van der Waals surface area contributed by atoms with Gasteiger partial charge >= 0.3 is 0 Å². The van der Waals surface area contributed by atoms with Crippen molar-refractivity contribution < 1.29 is 0 Å². The van der Waals surface area contributed by atoms with Crippen molar-refractivity contribution in [3.63, 3.8) is 0 Å². The van der Waals surface area contributed by atoms with Gasteiger partial charge in [-0.2, -0.15) is 5.26 Å². The zero-order chi connectivity index (χ0) is 13.0. The molecule has 0 radical (unpaired) electrons. The molecule has 0 aliphatic carbocycles. The molecule has 1 unspecified atom stereocenters. The molecule has 1 N–H and O–H groups in total. The van der Waals surface area contributed by atoms with E-state index in [1.807, 2.05) is 19.2 Å². The van der Waals surface area contributed by atoms with Crippen molar-refractivity contribution in [3.05, 3.63) is 28.8 Å².